The number of thiophene rings is 1. The summed E-state index contributed by atoms with van der Waals surface area (Å²) in [6.07, 6.45) is 0.898. The summed E-state index contributed by atoms with van der Waals surface area (Å²) < 4.78 is 11.7. The highest BCUT2D eigenvalue weighted by atomic mass is 79.9. The van der Waals surface area contributed by atoms with Crippen LogP contribution in [0.5, 0.6) is 11.5 Å². The summed E-state index contributed by atoms with van der Waals surface area (Å²) in [5.41, 5.74) is 1.23. The van der Waals surface area contributed by atoms with E-state index in [1.54, 1.807) is 25.6 Å². The van der Waals surface area contributed by atoms with Crippen molar-refractivity contribution in [3.63, 3.8) is 0 Å². The van der Waals surface area contributed by atoms with E-state index in [1.807, 2.05) is 17.5 Å². The van der Waals surface area contributed by atoms with Crippen LogP contribution in [-0.4, -0.2) is 20.8 Å². The van der Waals surface area contributed by atoms with Gasteiger partial charge in [-0.05, 0) is 42.8 Å². The first kappa shape index (κ1) is 16.3. The first-order valence-corrected chi connectivity index (χ1v) is 8.53. The van der Waals surface area contributed by atoms with E-state index in [-0.39, 0.29) is 6.04 Å². The fraction of sp³-hybridized carbons (Fsp3) is 0.375. The lowest BCUT2D eigenvalue weighted by Crippen LogP contribution is -2.22. The molecule has 0 radical (unpaired) electrons. The summed E-state index contributed by atoms with van der Waals surface area (Å²) >= 11 is 5.35. The van der Waals surface area contributed by atoms with Gasteiger partial charge in [-0.3, -0.25) is 0 Å². The van der Waals surface area contributed by atoms with Gasteiger partial charge in [-0.15, -0.1) is 11.3 Å². The highest BCUT2D eigenvalue weighted by Gasteiger charge is 2.16. The van der Waals surface area contributed by atoms with Crippen molar-refractivity contribution < 1.29 is 9.47 Å². The number of benzene rings is 1. The summed E-state index contributed by atoms with van der Waals surface area (Å²) in [6.45, 7) is 3.05. The predicted octanol–water partition coefficient (Wildman–Crippen LogP) is 4.42. The lowest BCUT2D eigenvalue weighted by molar-refractivity contribution is 0.413. The van der Waals surface area contributed by atoms with E-state index in [1.165, 1.54) is 10.4 Å². The molecule has 1 aromatic carbocycles. The van der Waals surface area contributed by atoms with E-state index in [0.29, 0.717) is 0 Å². The Bertz CT molecular complexity index is 585. The second kappa shape index (κ2) is 7.82. The van der Waals surface area contributed by atoms with Crippen LogP contribution in [0.4, 0.5) is 0 Å². The molecule has 1 heterocycles. The molecule has 114 valence electrons. The molecule has 2 rings (SSSR count). The standard InChI is InChI=1S/C16H20BrNO2S/c1-4-18-15(16-9-13(20-3)10-21-16)8-11-7-12(19-2)5-6-14(11)17/h5-7,9-10,15,18H,4,8H2,1-3H3. The van der Waals surface area contributed by atoms with Crippen LogP contribution in [0.2, 0.25) is 0 Å². The molecule has 3 nitrogen and oxygen atoms in total. The molecule has 0 aliphatic carbocycles. The van der Waals surface area contributed by atoms with Crippen LogP contribution < -0.4 is 14.8 Å². The van der Waals surface area contributed by atoms with Gasteiger partial charge in [-0.2, -0.15) is 0 Å². The largest absolute Gasteiger partial charge is 0.497 e. The average molecular weight is 370 g/mol. The molecule has 0 amide bonds. The van der Waals surface area contributed by atoms with Gasteiger partial charge in [0.1, 0.15) is 11.5 Å². The SMILES string of the molecule is CCNC(Cc1cc(OC)ccc1Br)c1cc(OC)cs1. The molecule has 2 aromatic rings. The number of hydrogen-bond donors (Lipinski definition) is 1. The van der Waals surface area contributed by atoms with Crippen molar-refractivity contribution in [2.45, 2.75) is 19.4 Å². The Morgan fingerprint density at radius 3 is 2.57 bits per heavy atom. The minimum Gasteiger partial charge on any atom is -0.497 e. The average Bonchev–Trinajstić information content (AvgIpc) is 2.97. The first-order chi connectivity index (χ1) is 10.2. The summed E-state index contributed by atoms with van der Waals surface area (Å²) in [5, 5.41) is 5.58. The normalized spacial score (nSPS) is 12.2. The third-order valence-electron chi connectivity index (χ3n) is 3.30. The minimum atomic E-state index is 0.271. The van der Waals surface area contributed by atoms with Gasteiger partial charge in [0.2, 0.25) is 0 Å². The van der Waals surface area contributed by atoms with Crippen molar-refractivity contribution in [3.8, 4) is 11.5 Å². The molecule has 0 aliphatic heterocycles. The quantitative estimate of drug-likeness (QED) is 0.783. The number of rotatable bonds is 7. The second-order valence-electron chi connectivity index (χ2n) is 4.66. The van der Waals surface area contributed by atoms with E-state index in [4.69, 9.17) is 9.47 Å². The number of nitrogens with one attached hydrogen (secondary N) is 1. The number of methoxy groups -OCH3 is 2. The fourth-order valence-corrected chi connectivity index (χ4v) is 3.54. The van der Waals surface area contributed by atoms with E-state index < -0.39 is 0 Å². The Labute approximate surface area is 138 Å². The number of hydrogen-bond acceptors (Lipinski definition) is 4. The van der Waals surface area contributed by atoms with Crippen LogP contribution in [0.25, 0.3) is 0 Å². The van der Waals surface area contributed by atoms with Gasteiger partial charge in [-0.1, -0.05) is 22.9 Å². The molecule has 0 spiro atoms. The van der Waals surface area contributed by atoms with Gasteiger partial charge in [0, 0.05) is 20.8 Å². The molecule has 5 heteroatoms. The molecule has 1 aromatic heterocycles. The maximum atomic E-state index is 5.32. The van der Waals surface area contributed by atoms with Gasteiger partial charge in [0.15, 0.2) is 0 Å². The summed E-state index contributed by atoms with van der Waals surface area (Å²) in [7, 11) is 3.39. The minimum absolute atomic E-state index is 0.271. The molecular weight excluding hydrogens is 350 g/mol. The van der Waals surface area contributed by atoms with Crippen molar-refractivity contribution in [2.24, 2.45) is 0 Å². The second-order valence-corrected chi connectivity index (χ2v) is 6.46. The first-order valence-electron chi connectivity index (χ1n) is 6.86. The van der Waals surface area contributed by atoms with Crippen LogP contribution in [-0.2, 0) is 6.42 Å². The molecular formula is C16H20BrNO2S. The topological polar surface area (TPSA) is 30.5 Å². The van der Waals surface area contributed by atoms with E-state index in [0.717, 1.165) is 28.9 Å². The molecule has 0 fully saturated rings. The third-order valence-corrected chi connectivity index (χ3v) is 5.10. The number of halogens is 1. The molecule has 1 unspecified atom stereocenters. The zero-order chi connectivity index (χ0) is 15.2. The summed E-state index contributed by atoms with van der Waals surface area (Å²) in [5.74, 6) is 1.80. The van der Waals surface area contributed by atoms with Gasteiger partial charge in [-0.25, -0.2) is 0 Å². The number of likely N-dealkylation sites (N-methyl/N-ethyl adjacent to an activating group) is 1. The summed E-state index contributed by atoms with van der Waals surface area (Å²) in [4.78, 5) is 1.28. The molecule has 0 bridgehead atoms. The molecule has 1 N–H and O–H groups in total. The molecule has 21 heavy (non-hydrogen) atoms. The molecule has 1 atom stereocenters. The zero-order valence-electron chi connectivity index (χ0n) is 12.5. The van der Waals surface area contributed by atoms with Crippen molar-refractivity contribution in [1.82, 2.24) is 5.32 Å². The lowest BCUT2D eigenvalue weighted by atomic mass is 10.0. The Balaban J connectivity index is 2.23. The van der Waals surface area contributed by atoms with E-state index in [2.05, 4.69) is 40.3 Å². The van der Waals surface area contributed by atoms with Gasteiger partial charge in [0.25, 0.3) is 0 Å². The third kappa shape index (κ3) is 4.22. The molecule has 0 saturated carbocycles. The summed E-state index contributed by atoms with van der Waals surface area (Å²) in [6, 6.07) is 8.45. The van der Waals surface area contributed by atoms with E-state index in [9.17, 15) is 0 Å². The van der Waals surface area contributed by atoms with Crippen LogP contribution in [0.3, 0.4) is 0 Å². The van der Waals surface area contributed by atoms with Crippen molar-refractivity contribution in [2.75, 3.05) is 20.8 Å². The van der Waals surface area contributed by atoms with Crippen molar-refractivity contribution in [1.29, 1.82) is 0 Å². The molecule has 0 saturated heterocycles. The van der Waals surface area contributed by atoms with Crippen LogP contribution in [0.1, 0.15) is 23.4 Å². The Morgan fingerprint density at radius 1 is 1.19 bits per heavy atom. The predicted molar refractivity (Wildman–Crippen MR) is 91.7 cm³/mol. The Morgan fingerprint density at radius 2 is 1.95 bits per heavy atom. The van der Waals surface area contributed by atoms with Gasteiger partial charge < -0.3 is 14.8 Å². The van der Waals surface area contributed by atoms with Crippen LogP contribution in [0, 0.1) is 0 Å². The Kier molecular flexibility index (Phi) is 6.08. The lowest BCUT2D eigenvalue weighted by Gasteiger charge is -2.18. The maximum Gasteiger partial charge on any atom is 0.129 e. The maximum absolute atomic E-state index is 5.32. The van der Waals surface area contributed by atoms with Gasteiger partial charge >= 0.3 is 0 Å². The van der Waals surface area contributed by atoms with Crippen LogP contribution in [0.15, 0.2) is 34.1 Å². The number of ether oxygens (including phenoxy) is 2. The van der Waals surface area contributed by atoms with Crippen LogP contribution >= 0.6 is 27.3 Å². The van der Waals surface area contributed by atoms with Crippen molar-refractivity contribution in [3.05, 3.63) is 44.6 Å². The molecule has 0 aliphatic rings. The Hall–Kier alpha value is -1.04. The zero-order valence-corrected chi connectivity index (χ0v) is 14.9. The highest BCUT2D eigenvalue weighted by molar-refractivity contribution is 9.10. The fourth-order valence-electron chi connectivity index (χ4n) is 2.20. The smallest absolute Gasteiger partial charge is 0.129 e. The van der Waals surface area contributed by atoms with Gasteiger partial charge in [0.05, 0.1) is 14.2 Å². The monoisotopic (exact) mass is 369 g/mol. The highest BCUT2D eigenvalue weighted by Crippen LogP contribution is 2.32. The van der Waals surface area contributed by atoms with E-state index >= 15 is 0 Å². The van der Waals surface area contributed by atoms with Crippen molar-refractivity contribution >= 4 is 27.3 Å².